The second kappa shape index (κ2) is 11.3. The number of aliphatic hydroxyl groups is 1. The number of ether oxygens (including phenoxy) is 2. The van der Waals surface area contributed by atoms with Crippen molar-refractivity contribution in [3.63, 3.8) is 0 Å². The standard InChI is InChI=1S/C22H29FN3O8PS/c1-13(2)32-19(29)14(3)25-35(36,34-15-8-6-5-7-9-15)31-12-16-18(28)22(4,23)20(33-16)26-11-10-17(27)24-21(26)30/h5-11,13-14,16,18,20,28H,12H2,1-4H3,(H,25,36)(H,24,27,30). The van der Waals surface area contributed by atoms with Crippen LogP contribution in [-0.2, 0) is 30.6 Å². The molecule has 0 amide bonds. The summed E-state index contributed by atoms with van der Waals surface area (Å²) in [6.45, 7) is 2.10. The van der Waals surface area contributed by atoms with Gasteiger partial charge in [-0.1, -0.05) is 18.2 Å². The average molecular weight is 546 g/mol. The van der Waals surface area contributed by atoms with E-state index in [1.54, 1.807) is 44.2 Å². The minimum atomic E-state index is -3.47. The third-order valence-electron chi connectivity index (χ3n) is 5.26. The summed E-state index contributed by atoms with van der Waals surface area (Å²) < 4.78 is 38.9. The Morgan fingerprint density at radius 2 is 1.97 bits per heavy atom. The molecule has 0 radical (unpaired) electrons. The summed E-state index contributed by atoms with van der Waals surface area (Å²) in [6, 6.07) is 8.62. The van der Waals surface area contributed by atoms with Crippen molar-refractivity contribution >= 4 is 24.4 Å². The number of halogens is 1. The molecule has 2 heterocycles. The van der Waals surface area contributed by atoms with Gasteiger partial charge in [-0.05, 0) is 51.6 Å². The summed E-state index contributed by atoms with van der Waals surface area (Å²) in [4.78, 5) is 37.9. The molecule has 198 valence electrons. The van der Waals surface area contributed by atoms with E-state index < -0.39 is 60.6 Å². The van der Waals surface area contributed by atoms with Crippen LogP contribution < -0.4 is 20.9 Å². The number of rotatable bonds is 10. The molecule has 0 saturated carbocycles. The van der Waals surface area contributed by atoms with Crippen LogP contribution in [-0.4, -0.2) is 57.3 Å². The lowest BCUT2D eigenvalue weighted by Gasteiger charge is -2.28. The molecule has 6 unspecified atom stereocenters. The molecular weight excluding hydrogens is 516 g/mol. The van der Waals surface area contributed by atoms with Gasteiger partial charge in [-0.2, -0.15) is 0 Å². The van der Waals surface area contributed by atoms with Crippen LogP contribution in [0.5, 0.6) is 5.75 Å². The highest BCUT2D eigenvalue weighted by molar-refractivity contribution is 8.09. The number of nitrogens with zero attached hydrogens (tertiary/aromatic N) is 1. The third-order valence-corrected chi connectivity index (χ3v) is 7.76. The summed E-state index contributed by atoms with van der Waals surface area (Å²) in [6.07, 6.45) is -3.80. The maximum Gasteiger partial charge on any atom is 0.330 e. The molecule has 1 aromatic carbocycles. The highest BCUT2D eigenvalue weighted by Gasteiger charge is 2.55. The van der Waals surface area contributed by atoms with Crippen molar-refractivity contribution < 1.29 is 32.8 Å². The summed E-state index contributed by atoms with van der Waals surface area (Å²) >= 11 is 5.60. The zero-order valence-corrected chi connectivity index (χ0v) is 21.8. The van der Waals surface area contributed by atoms with Gasteiger partial charge >= 0.3 is 18.3 Å². The number of alkyl halides is 1. The van der Waals surface area contributed by atoms with E-state index in [1.165, 1.54) is 6.92 Å². The molecule has 1 aliphatic heterocycles. The van der Waals surface area contributed by atoms with Crippen molar-refractivity contribution in [2.24, 2.45) is 0 Å². The van der Waals surface area contributed by atoms with Crippen LogP contribution in [0, 0.1) is 0 Å². The van der Waals surface area contributed by atoms with Gasteiger partial charge in [-0.15, -0.1) is 0 Å². The SMILES string of the molecule is CC(C)OC(=O)C(C)NP(=S)(OCC1OC(n2ccc(=O)[nH]c2=O)C(C)(F)C1O)Oc1ccccc1. The van der Waals surface area contributed by atoms with E-state index in [4.69, 9.17) is 30.3 Å². The number of para-hydroxylation sites is 1. The Hall–Kier alpha value is -2.41. The quantitative estimate of drug-likeness (QED) is 0.299. The van der Waals surface area contributed by atoms with Gasteiger partial charge in [0.15, 0.2) is 11.9 Å². The minimum Gasteiger partial charge on any atom is -0.462 e. The van der Waals surface area contributed by atoms with Gasteiger partial charge in [0.25, 0.3) is 5.56 Å². The summed E-state index contributed by atoms with van der Waals surface area (Å²) in [5.41, 5.74) is -3.98. The van der Waals surface area contributed by atoms with Crippen LogP contribution in [0.3, 0.4) is 0 Å². The van der Waals surface area contributed by atoms with Crippen LogP contribution in [0.25, 0.3) is 0 Å². The van der Waals surface area contributed by atoms with E-state index in [0.29, 0.717) is 5.75 Å². The Morgan fingerprint density at radius 1 is 1.31 bits per heavy atom. The van der Waals surface area contributed by atoms with Gasteiger partial charge in [0.1, 0.15) is 24.0 Å². The first kappa shape index (κ1) is 28.2. The van der Waals surface area contributed by atoms with Crippen LogP contribution in [0.2, 0.25) is 0 Å². The van der Waals surface area contributed by atoms with Gasteiger partial charge in [-0.3, -0.25) is 19.1 Å². The lowest BCUT2D eigenvalue weighted by molar-refractivity contribution is -0.149. The molecular formula is C22H29FN3O8PS. The number of hydrogen-bond donors (Lipinski definition) is 3. The van der Waals surface area contributed by atoms with E-state index in [2.05, 4.69) is 5.09 Å². The lowest BCUT2D eigenvalue weighted by Crippen LogP contribution is -2.43. The molecule has 0 bridgehead atoms. The van der Waals surface area contributed by atoms with Crippen LogP contribution in [0.4, 0.5) is 4.39 Å². The van der Waals surface area contributed by atoms with Gasteiger partial charge < -0.3 is 23.6 Å². The smallest absolute Gasteiger partial charge is 0.330 e. The first-order chi connectivity index (χ1) is 16.8. The van der Waals surface area contributed by atoms with Gasteiger partial charge in [0.2, 0.25) is 0 Å². The molecule has 36 heavy (non-hydrogen) atoms. The number of carbonyl (C=O) groups excluding carboxylic acids is 1. The highest BCUT2D eigenvalue weighted by Crippen LogP contribution is 2.47. The predicted octanol–water partition coefficient (Wildman–Crippen LogP) is 1.77. The van der Waals surface area contributed by atoms with Crippen LogP contribution in [0.1, 0.15) is 33.9 Å². The van der Waals surface area contributed by atoms with Gasteiger partial charge in [0, 0.05) is 12.3 Å². The number of aliphatic hydroxyl groups excluding tert-OH is 1. The number of benzene rings is 1. The Bertz CT molecular complexity index is 1220. The van der Waals surface area contributed by atoms with E-state index in [9.17, 15) is 19.5 Å². The first-order valence-corrected chi connectivity index (χ1v) is 13.8. The van der Waals surface area contributed by atoms with Crippen molar-refractivity contribution in [1.82, 2.24) is 14.6 Å². The van der Waals surface area contributed by atoms with E-state index in [-0.39, 0.29) is 6.10 Å². The Morgan fingerprint density at radius 3 is 2.58 bits per heavy atom. The van der Waals surface area contributed by atoms with Crippen molar-refractivity contribution in [3.8, 4) is 5.75 Å². The highest BCUT2D eigenvalue weighted by atomic mass is 32.5. The number of nitrogens with one attached hydrogen (secondary N) is 2. The Kier molecular flexibility index (Phi) is 8.86. The fourth-order valence-electron chi connectivity index (χ4n) is 3.47. The molecule has 11 nitrogen and oxygen atoms in total. The molecule has 1 fully saturated rings. The fourth-order valence-corrected chi connectivity index (χ4v) is 5.89. The van der Waals surface area contributed by atoms with Crippen LogP contribution in [0.15, 0.2) is 52.2 Å². The van der Waals surface area contributed by atoms with E-state index in [1.807, 2.05) is 4.98 Å². The normalized spacial score (nSPS) is 26.4. The minimum absolute atomic E-state index is 0.354. The summed E-state index contributed by atoms with van der Waals surface area (Å²) in [7, 11) is 0. The van der Waals surface area contributed by atoms with Crippen molar-refractivity contribution in [3.05, 3.63) is 63.4 Å². The number of hydrogen-bond acceptors (Lipinski definition) is 9. The maximum atomic E-state index is 15.5. The number of aromatic amines is 1. The number of carbonyl (C=O) groups is 1. The second-order valence-electron chi connectivity index (χ2n) is 8.67. The molecule has 6 atom stereocenters. The van der Waals surface area contributed by atoms with Crippen molar-refractivity contribution in [2.45, 2.75) is 63.9 Å². The number of esters is 1. The van der Waals surface area contributed by atoms with Gasteiger partial charge in [0.05, 0.1) is 12.7 Å². The largest absolute Gasteiger partial charge is 0.462 e. The summed E-state index contributed by atoms with van der Waals surface area (Å²) in [5.74, 6) is -0.218. The Labute approximate surface area is 211 Å². The molecule has 1 aliphatic rings. The second-order valence-corrected chi connectivity index (χ2v) is 11.8. The first-order valence-electron chi connectivity index (χ1n) is 11.1. The number of aromatic nitrogens is 2. The fraction of sp³-hybridized carbons (Fsp3) is 0.500. The van der Waals surface area contributed by atoms with E-state index in [0.717, 1.165) is 23.8 Å². The topological polar surface area (TPSA) is 141 Å². The number of H-pyrrole nitrogens is 1. The van der Waals surface area contributed by atoms with Crippen LogP contribution >= 0.6 is 6.64 Å². The zero-order valence-electron chi connectivity index (χ0n) is 20.1. The Balaban J connectivity index is 1.80. The average Bonchev–Trinajstić information content (AvgIpc) is 3.01. The molecule has 3 N–H and O–H groups in total. The molecule has 1 aromatic heterocycles. The molecule has 1 saturated heterocycles. The molecule has 3 rings (SSSR count). The van der Waals surface area contributed by atoms with Crippen molar-refractivity contribution in [1.29, 1.82) is 0 Å². The zero-order chi connectivity index (χ0) is 26.7. The van der Waals surface area contributed by atoms with Crippen molar-refractivity contribution in [2.75, 3.05) is 6.61 Å². The molecule has 14 heteroatoms. The molecule has 0 aliphatic carbocycles. The van der Waals surface area contributed by atoms with Gasteiger partial charge in [-0.25, -0.2) is 14.3 Å². The predicted molar refractivity (Wildman–Crippen MR) is 132 cm³/mol. The summed E-state index contributed by atoms with van der Waals surface area (Å²) in [5, 5.41) is 13.5. The van der Waals surface area contributed by atoms with E-state index >= 15 is 4.39 Å². The monoisotopic (exact) mass is 545 g/mol. The molecule has 0 spiro atoms. The third kappa shape index (κ3) is 6.67. The molecule has 2 aromatic rings. The lowest BCUT2D eigenvalue weighted by atomic mass is 9.98. The maximum absolute atomic E-state index is 15.5.